The predicted molar refractivity (Wildman–Crippen MR) is 86.6 cm³/mol. The Morgan fingerprint density at radius 3 is 2.48 bits per heavy atom. The highest BCUT2D eigenvalue weighted by Crippen LogP contribution is 2.37. The van der Waals surface area contributed by atoms with E-state index in [1.165, 1.54) is 27.9 Å². The SMILES string of the molecule is OC1CCC(Nc2ccc3c(c2)Cc2ccccc2-3)CC1. The number of rotatable bonds is 2. The lowest BCUT2D eigenvalue weighted by Gasteiger charge is -2.27. The molecule has 2 heteroatoms. The highest BCUT2D eigenvalue weighted by Gasteiger charge is 2.21. The Morgan fingerprint density at radius 2 is 1.62 bits per heavy atom. The van der Waals surface area contributed by atoms with Crippen molar-refractivity contribution in [1.29, 1.82) is 0 Å². The number of anilines is 1. The molecule has 0 amide bonds. The van der Waals surface area contributed by atoms with Crippen molar-refractivity contribution in [3.8, 4) is 11.1 Å². The third-order valence-electron chi connectivity index (χ3n) is 4.86. The minimum atomic E-state index is -0.0856. The van der Waals surface area contributed by atoms with Gasteiger partial charge in [0, 0.05) is 11.7 Å². The molecule has 21 heavy (non-hydrogen) atoms. The quantitative estimate of drug-likeness (QED) is 0.744. The van der Waals surface area contributed by atoms with Crippen molar-refractivity contribution in [2.45, 2.75) is 44.2 Å². The van der Waals surface area contributed by atoms with E-state index in [4.69, 9.17) is 0 Å². The zero-order valence-electron chi connectivity index (χ0n) is 12.2. The normalized spacial score (nSPS) is 23.5. The summed E-state index contributed by atoms with van der Waals surface area (Å²) in [5.74, 6) is 0. The first-order chi connectivity index (χ1) is 10.3. The van der Waals surface area contributed by atoms with E-state index in [1.807, 2.05) is 0 Å². The highest BCUT2D eigenvalue weighted by molar-refractivity contribution is 5.78. The van der Waals surface area contributed by atoms with E-state index >= 15 is 0 Å². The number of hydrogen-bond donors (Lipinski definition) is 2. The summed E-state index contributed by atoms with van der Waals surface area (Å²) >= 11 is 0. The Hall–Kier alpha value is -1.80. The summed E-state index contributed by atoms with van der Waals surface area (Å²) in [6.45, 7) is 0. The van der Waals surface area contributed by atoms with Crippen molar-refractivity contribution < 1.29 is 5.11 Å². The zero-order valence-corrected chi connectivity index (χ0v) is 12.2. The molecule has 0 atom stereocenters. The van der Waals surface area contributed by atoms with Crippen LogP contribution in [-0.2, 0) is 6.42 Å². The van der Waals surface area contributed by atoms with E-state index in [1.54, 1.807) is 0 Å². The van der Waals surface area contributed by atoms with E-state index in [0.717, 1.165) is 32.1 Å². The molecule has 2 N–H and O–H groups in total. The van der Waals surface area contributed by atoms with Crippen LogP contribution in [-0.4, -0.2) is 17.3 Å². The molecular formula is C19H21NO. The molecule has 0 aliphatic heterocycles. The van der Waals surface area contributed by atoms with Crippen molar-refractivity contribution in [1.82, 2.24) is 0 Å². The molecule has 0 heterocycles. The second kappa shape index (κ2) is 5.19. The van der Waals surface area contributed by atoms with Gasteiger partial charge in [-0.1, -0.05) is 30.3 Å². The van der Waals surface area contributed by atoms with Crippen LogP contribution in [0.2, 0.25) is 0 Å². The fraction of sp³-hybridized carbons (Fsp3) is 0.368. The lowest BCUT2D eigenvalue weighted by Crippen LogP contribution is -2.28. The van der Waals surface area contributed by atoms with Gasteiger partial charge in [0.1, 0.15) is 0 Å². The third-order valence-corrected chi connectivity index (χ3v) is 4.86. The number of nitrogens with one attached hydrogen (secondary N) is 1. The average molecular weight is 279 g/mol. The minimum Gasteiger partial charge on any atom is -0.393 e. The summed E-state index contributed by atoms with van der Waals surface area (Å²) in [7, 11) is 0. The summed E-state index contributed by atoms with van der Waals surface area (Å²) in [4.78, 5) is 0. The van der Waals surface area contributed by atoms with Gasteiger partial charge in [-0.2, -0.15) is 0 Å². The number of fused-ring (bicyclic) bond motifs is 3. The topological polar surface area (TPSA) is 32.3 Å². The smallest absolute Gasteiger partial charge is 0.0541 e. The molecule has 2 nitrogen and oxygen atoms in total. The van der Waals surface area contributed by atoms with Gasteiger partial charge in [-0.15, -0.1) is 0 Å². The first kappa shape index (κ1) is 12.9. The molecule has 0 aromatic heterocycles. The van der Waals surface area contributed by atoms with Gasteiger partial charge in [0.05, 0.1) is 6.10 Å². The second-order valence-corrected chi connectivity index (χ2v) is 6.36. The molecule has 2 aliphatic rings. The Balaban J connectivity index is 1.53. The van der Waals surface area contributed by atoms with Gasteiger partial charge in [0.25, 0.3) is 0 Å². The Bertz CT molecular complexity index is 656. The molecule has 0 unspecified atom stereocenters. The fourth-order valence-electron chi connectivity index (χ4n) is 3.69. The van der Waals surface area contributed by atoms with Crippen molar-refractivity contribution in [3.05, 3.63) is 53.6 Å². The van der Waals surface area contributed by atoms with Crippen molar-refractivity contribution in [3.63, 3.8) is 0 Å². The lowest BCUT2D eigenvalue weighted by atomic mass is 9.93. The molecule has 0 radical (unpaired) electrons. The largest absolute Gasteiger partial charge is 0.393 e. The van der Waals surface area contributed by atoms with E-state index in [0.29, 0.717) is 6.04 Å². The van der Waals surface area contributed by atoms with E-state index in [-0.39, 0.29) is 6.10 Å². The van der Waals surface area contributed by atoms with Crippen LogP contribution in [0.3, 0.4) is 0 Å². The monoisotopic (exact) mass is 279 g/mol. The van der Waals surface area contributed by atoms with Crippen LogP contribution >= 0.6 is 0 Å². The van der Waals surface area contributed by atoms with Crippen molar-refractivity contribution >= 4 is 5.69 Å². The summed E-state index contributed by atoms with van der Waals surface area (Å²) in [6.07, 6.45) is 4.95. The van der Waals surface area contributed by atoms with E-state index < -0.39 is 0 Å². The molecule has 0 bridgehead atoms. The molecule has 0 saturated heterocycles. The van der Waals surface area contributed by atoms with Gasteiger partial charge in [-0.3, -0.25) is 0 Å². The van der Waals surface area contributed by atoms with Crippen LogP contribution in [0.5, 0.6) is 0 Å². The summed E-state index contributed by atoms with van der Waals surface area (Å²) in [6, 6.07) is 16.0. The highest BCUT2D eigenvalue weighted by atomic mass is 16.3. The molecule has 4 rings (SSSR count). The number of hydrogen-bond acceptors (Lipinski definition) is 2. The average Bonchev–Trinajstić information content (AvgIpc) is 2.87. The Kier molecular flexibility index (Phi) is 3.19. The molecule has 2 aliphatic carbocycles. The first-order valence-electron chi connectivity index (χ1n) is 7.95. The van der Waals surface area contributed by atoms with Crippen molar-refractivity contribution in [2.24, 2.45) is 0 Å². The van der Waals surface area contributed by atoms with E-state index in [9.17, 15) is 5.11 Å². The van der Waals surface area contributed by atoms with Crippen molar-refractivity contribution in [2.75, 3.05) is 5.32 Å². The number of aliphatic hydroxyl groups is 1. The predicted octanol–water partition coefficient (Wildman–Crippen LogP) is 3.97. The second-order valence-electron chi connectivity index (χ2n) is 6.36. The fourth-order valence-corrected chi connectivity index (χ4v) is 3.69. The molecule has 0 spiro atoms. The molecule has 1 saturated carbocycles. The number of benzene rings is 2. The minimum absolute atomic E-state index is 0.0856. The van der Waals surface area contributed by atoms with Crippen LogP contribution in [0.1, 0.15) is 36.8 Å². The van der Waals surface area contributed by atoms with Gasteiger partial charge in [-0.05, 0) is 66.5 Å². The maximum absolute atomic E-state index is 9.59. The molecule has 2 aromatic carbocycles. The van der Waals surface area contributed by atoms with Crippen LogP contribution in [0.25, 0.3) is 11.1 Å². The molecule has 1 fully saturated rings. The lowest BCUT2D eigenvalue weighted by molar-refractivity contribution is 0.126. The summed E-state index contributed by atoms with van der Waals surface area (Å²) in [5, 5.41) is 13.2. The maximum Gasteiger partial charge on any atom is 0.0541 e. The molecular weight excluding hydrogens is 258 g/mol. The van der Waals surface area contributed by atoms with Crippen LogP contribution in [0.4, 0.5) is 5.69 Å². The third kappa shape index (κ3) is 2.44. The van der Waals surface area contributed by atoms with Gasteiger partial charge in [0.2, 0.25) is 0 Å². The standard InChI is InChI=1S/C19H21NO/c21-17-8-5-15(6-9-17)20-16-7-10-19-14(12-16)11-13-3-1-2-4-18(13)19/h1-4,7,10,12,15,17,20-21H,5-6,8-9,11H2. The Morgan fingerprint density at radius 1 is 0.857 bits per heavy atom. The first-order valence-corrected chi connectivity index (χ1v) is 7.95. The molecule has 2 aromatic rings. The maximum atomic E-state index is 9.59. The van der Waals surface area contributed by atoms with E-state index in [2.05, 4.69) is 47.8 Å². The van der Waals surface area contributed by atoms with Gasteiger partial charge in [-0.25, -0.2) is 0 Å². The molecule has 108 valence electrons. The van der Waals surface area contributed by atoms with Crippen LogP contribution in [0.15, 0.2) is 42.5 Å². The summed E-state index contributed by atoms with van der Waals surface area (Å²) in [5.41, 5.74) is 6.86. The van der Waals surface area contributed by atoms with Gasteiger partial charge in [0.15, 0.2) is 0 Å². The van der Waals surface area contributed by atoms with Crippen LogP contribution in [0, 0.1) is 0 Å². The van der Waals surface area contributed by atoms with Gasteiger partial charge >= 0.3 is 0 Å². The van der Waals surface area contributed by atoms with Crippen LogP contribution < -0.4 is 5.32 Å². The number of aliphatic hydroxyl groups excluding tert-OH is 1. The summed E-state index contributed by atoms with van der Waals surface area (Å²) < 4.78 is 0. The Labute approximate surface area is 125 Å². The zero-order chi connectivity index (χ0) is 14.2. The van der Waals surface area contributed by atoms with Gasteiger partial charge < -0.3 is 10.4 Å².